The molecule has 0 amide bonds. The summed E-state index contributed by atoms with van der Waals surface area (Å²) in [6.45, 7) is 2.62. The molecule has 1 aliphatic rings. The normalized spacial score (nSPS) is 18.2. The van der Waals surface area contributed by atoms with Gasteiger partial charge in [-0.3, -0.25) is 4.79 Å². The number of hydrogen-bond donors (Lipinski definition) is 0. The first kappa shape index (κ1) is 12.9. The van der Waals surface area contributed by atoms with Crippen LogP contribution >= 0.6 is 23.4 Å². The first-order valence-electron chi connectivity index (χ1n) is 5.30. The third-order valence-corrected chi connectivity index (χ3v) is 3.69. The molecular formula is C12H13ClO3S. The summed E-state index contributed by atoms with van der Waals surface area (Å²) in [5, 5.41) is 0.721. The van der Waals surface area contributed by atoms with Gasteiger partial charge in [0.15, 0.2) is 5.12 Å². The molecule has 0 aliphatic carbocycles. The smallest absolute Gasteiger partial charge is 0.204 e. The van der Waals surface area contributed by atoms with Gasteiger partial charge in [0.1, 0.15) is 0 Å². The molecule has 1 aromatic carbocycles. The van der Waals surface area contributed by atoms with Crippen molar-refractivity contribution in [2.45, 2.75) is 12.7 Å². The molecule has 1 aliphatic heterocycles. The van der Waals surface area contributed by atoms with Crippen molar-refractivity contribution in [2.75, 3.05) is 19.0 Å². The minimum Gasteiger partial charge on any atom is -0.343 e. The highest BCUT2D eigenvalue weighted by Gasteiger charge is 2.38. The molecule has 1 saturated heterocycles. The topological polar surface area (TPSA) is 35.5 Å². The minimum absolute atomic E-state index is 0.0532. The Morgan fingerprint density at radius 2 is 1.94 bits per heavy atom. The van der Waals surface area contributed by atoms with Gasteiger partial charge < -0.3 is 9.47 Å². The highest BCUT2D eigenvalue weighted by Crippen LogP contribution is 2.35. The third kappa shape index (κ3) is 3.01. The first-order chi connectivity index (χ1) is 8.12. The zero-order valence-corrected chi connectivity index (χ0v) is 11.0. The summed E-state index contributed by atoms with van der Waals surface area (Å²) in [5.41, 5.74) is 0.896. The quantitative estimate of drug-likeness (QED) is 0.848. The molecule has 1 aromatic rings. The summed E-state index contributed by atoms with van der Waals surface area (Å²) in [4.78, 5) is 11.1. The van der Waals surface area contributed by atoms with Gasteiger partial charge in [-0.25, -0.2) is 0 Å². The van der Waals surface area contributed by atoms with Gasteiger partial charge >= 0.3 is 0 Å². The van der Waals surface area contributed by atoms with Crippen LogP contribution in [0, 0.1) is 0 Å². The minimum atomic E-state index is -0.805. The van der Waals surface area contributed by atoms with Crippen LogP contribution in [0.3, 0.4) is 0 Å². The number of carbonyl (C=O) groups excluding carboxylic acids is 1. The maximum Gasteiger partial charge on any atom is 0.204 e. The van der Waals surface area contributed by atoms with Crippen molar-refractivity contribution < 1.29 is 14.3 Å². The van der Waals surface area contributed by atoms with Crippen molar-refractivity contribution in [1.82, 2.24) is 0 Å². The van der Waals surface area contributed by atoms with Crippen LogP contribution in [0.4, 0.5) is 0 Å². The monoisotopic (exact) mass is 272 g/mol. The maximum atomic E-state index is 11.1. The molecule has 0 atom stereocenters. The van der Waals surface area contributed by atoms with Gasteiger partial charge in [-0.05, 0) is 12.1 Å². The standard InChI is InChI=1S/C12H13ClO3S/c1-9(14)17-8-12(15-6-7-16-12)10-2-4-11(13)5-3-10/h2-5H,6-8H2,1H3. The van der Waals surface area contributed by atoms with E-state index >= 15 is 0 Å². The second kappa shape index (κ2) is 5.40. The molecule has 17 heavy (non-hydrogen) atoms. The van der Waals surface area contributed by atoms with Crippen LogP contribution in [0.5, 0.6) is 0 Å². The van der Waals surface area contributed by atoms with E-state index < -0.39 is 5.79 Å². The van der Waals surface area contributed by atoms with E-state index in [2.05, 4.69) is 0 Å². The van der Waals surface area contributed by atoms with Crippen molar-refractivity contribution in [3.8, 4) is 0 Å². The van der Waals surface area contributed by atoms with Gasteiger partial charge in [0, 0.05) is 17.5 Å². The molecule has 0 radical (unpaired) electrons. The lowest BCUT2D eigenvalue weighted by molar-refractivity contribution is -0.145. The highest BCUT2D eigenvalue weighted by molar-refractivity contribution is 8.13. The van der Waals surface area contributed by atoms with Crippen LogP contribution in [-0.2, 0) is 20.1 Å². The van der Waals surface area contributed by atoms with Crippen LogP contribution in [-0.4, -0.2) is 24.1 Å². The van der Waals surface area contributed by atoms with Crippen molar-refractivity contribution in [2.24, 2.45) is 0 Å². The van der Waals surface area contributed by atoms with E-state index in [0.29, 0.717) is 24.0 Å². The Labute approximate surface area is 109 Å². The average molecular weight is 273 g/mol. The van der Waals surface area contributed by atoms with Crippen LogP contribution < -0.4 is 0 Å². The lowest BCUT2D eigenvalue weighted by atomic mass is 10.1. The van der Waals surface area contributed by atoms with Crippen LogP contribution in [0.15, 0.2) is 24.3 Å². The van der Waals surface area contributed by atoms with Gasteiger partial charge in [-0.2, -0.15) is 0 Å². The van der Waals surface area contributed by atoms with Crippen molar-refractivity contribution in [1.29, 1.82) is 0 Å². The second-order valence-corrected chi connectivity index (χ2v) is 5.33. The van der Waals surface area contributed by atoms with Gasteiger partial charge in [-0.15, -0.1) is 0 Å². The Bertz CT molecular complexity index is 399. The highest BCUT2D eigenvalue weighted by atomic mass is 35.5. The number of rotatable bonds is 3. The predicted molar refractivity (Wildman–Crippen MR) is 68.2 cm³/mol. The SMILES string of the molecule is CC(=O)SCC1(c2ccc(Cl)cc2)OCCO1. The fraction of sp³-hybridized carbons (Fsp3) is 0.417. The largest absolute Gasteiger partial charge is 0.343 e. The lowest BCUT2D eigenvalue weighted by Crippen LogP contribution is -2.30. The van der Waals surface area contributed by atoms with E-state index in [0.717, 1.165) is 5.56 Å². The predicted octanol–water partition coefficient (Wildman–Crippen LogP) is 2.82. The van der Waals surface area contributed by atoms with E-state index in [1.54, 1.807) is 12.1 Å². The third-order valence-electron chi connectivity index (χ3n) is 2.50. The van der Waals surface area contributed by atoms with E-state index in [-0.39, 0.29) is 5.12 Å². The fourth-order valence-corrected chi connectivity index (χ4v) is 2.54. The maximum absolute atomic E-state index is 11.1. The van der Waals surface area contributed by atoms with Crippen LogP contribution in [0.2, 0.25) is 5.02 Å². The van der Waals surface area contributed by atoms with E-state index in [9.17, 15) is 4.79 Å². The Hall–Kier alpha value is -0.550. The number of carbonyl (C=O) groups is 1. The summed E-state index contributed by atoms with van der Waals surface area (Å²) in [7, 11) is 0. The number of hydrogen-bond acceptors (Lipinski definition) is 4. The number of thioether (sulfide) groups is 1. The Morgan fingerprint density at radius 3 is 2.47 bits per heavy atom. The van der Waals surface area contributed by atoms with Gasteiger partial charge in [0.05, 0.1) is 19.0 Å². The fourth-order valence-electron chi connectivity index (χ4n) is 1.69. The van der Waals surface area contributed by atoms with Crippen LogP contribution in [0.25, 0.3) is 0 Å². The molecule has 0 saturated carbocycles. The average Bonchev–Trinajstić information content (AvgIpc) is 2.77. The molecule has 0 bridgehead atoms. The molecule has 0 unspecified atom stereocenters. The Kier molecular flexibility index (Phi) is 4.09. The van der Waals surface area contributed by atoms with Crippen LogP contribution in [0.1, 0.15) is 12.5 Å². The first-order valence-corrected chi connectivity index (χ1v) is 6.66. The van der Waals surface area contributed by atoms with Gasteiger partial charge in [-0.1, -0.05) is 35.5 Å². The molecule has 1 heterocycles. The summed E-state index contributed by atoms with van der Waals surface area (Å²) in [5.74, 6) is -0.342. The number of ether oxygens (including phenoxy) is 2. The molecule has 3 nitrogen and oxygen atoms in total. The number of halogens is 1. The van der Waals surface area contributed by atoms with Crippen molar-refractivity contribution in [3.05, 3.63) is 34.9 Å². The van der Waals surface area contributed by atoms with Gasteiger partial charge in [0.25, 0.3) is 0 Å². The molecule has 0 spiro atoms. The Balaban J connectivity index is 2.21. The zero-order chi connectivity index (χ0) is 12.3. The Morgan fingerprint density at radius 1 is 1.35 bits per heavy atom. The molecular weight excluding hydrogens is 260 g/mol. The summed E-state index contributed by atoms with van der Waals surface area (Å²) in [6.07, 6.45) is 0. The summed E-state index contributed by atoms with van der Waals surface area (Å²) < 4.78 is 11.4. The molecule has 0 N–H and O–H groups in total. The van der Waals surface area contributed by atoms with E-state index in [4.69, 9.17) is 21.1 Å². The molecule has 2 rings (SSSR count). The number of benzene rings is 1. The molecule has 5 heteroatoms. The molecule has 92 valence electrons. The molecule has 0 aromatic heterocycles. The van der Waals surface area contributed by atoms with Gasteiger partial charge in [0.2, 0.25) is 5.79 Å². The van der Waals surface area contributed by atoms with E-state index in [1.165, 1.54) is 18.7 Å². The van der Waals surface area contributed by atoms with Crippen molar-refractivity contribution in [3.63, 3.8) is 0 Å². The summed E-state index contributed by atoms with van der Waals surface area (Å²) in [6, 6.07) is 7.33. The summed E-state index contributed by atoms with van der Waals surface area (Å²) >= 11 is 7.05. The zero-order valence-electron chi connectivity index (χ0n) is 9.44. The molecule has 1 fully saturated rings. The lowest BCUT2D eigenvalue weighted by Gasteiger charge is -2.27. The van der Waals surface area contributed by atoms with E-state index in [1.807, 2.05) is 12.1 Å². The van der Waals surface area contributed by atoms with Crippen molar-refractivity contribution >= 4 is 28.5 Å². The second-order valence-electron chi connectivity index (χ2n) is 3.74.